The summed E-state index contributed by atoms with van der Waals surface area (Å²) in [6, 6.07) is 0. The first-order valence-corrected chi connectivity index (χ1v) is 15.0. The monoisotopic (exact) mass is 510 g/mol. The van der Waals surface area contributed by atoms with Gasteiger partial charge in [0.2, 0.25) is 0 Å². The molecule has 2 heterocycles. The van der Waals surface area contributed by atoms with Gasteiger partial charge in [-0.15, -0.1) is 0 Å². The number of hydrogen-bond donors (Lipinski definition) is 2. The van der Waals surface area contributed by atoms with Crippen LogP contribution in [0.4, 0.5) is 0 Å². The number of hydrazine groups is 1. The highest BCUT2D eigenvalue weighted by Crippen LogP contribution is 2.54. The number of unbranched alkanes of at least 4 members (excludes halogenated alkanes) is 2. The number of piperidine rings is 2. The molecule has 0 aromatic carbocycles. The molecule has 0 aromatic rings. The molecule has 6 nitrogen and oxygen atoms in total. The lowest BCUT2D eigenvalue weighted by Gasteiger charge is -2.62. The van der Waals surface area contributed by atoms with Gasteiger partial charge in [0.05, 0.1) is 13.2 Å². The lowest BCUT2D eigenvalue weighted by molar-refractivity contribution is -0.303. The van der Waals surface area contributed by atoms with Crippen LogP contribution in [0.3, 0.4) is 0 Å². The van der Waals surface area contributed by atoms with Gasteiger partial charge in [-0.3, -0.25) is 20.9 Å². The average molecular weight is 511 g/mol. The van der Waals surface area contributed by atoms with Gasteiger partial charge in [-0.2, -0.15) is 10.1 Å². The number of nitrogens with two attached hydrogens (primary N) is 1. The maximum atomic E-state index is 6.70. The van der Waals surface area contributed by atoms with Gasteiger partial charge in [0.1, 0.15) is 0 Å². The molecule has 2 fully saturated rings. The van der Waals surface area contributed by atoms with E-state index in [0.717, 1.165) is 58.2 Å². The lowest BCUT2D eigenvalue weighted by Crippen LogP contribution is -2.71. The van der Waals surface area contributed by atoms with Gasteiger partial charge in [-0.05, 0) is 112 Å². The SMILES string of the molecule is CCCCCC(NN)(C1CC(C)(C)N(OCCC)C(C)(C)C1)C1CC(C)(C)N(OCCC)C(C)(C)C1. The molecule has 0 spiro atoms. The van der Waals surface area contributed by atoms with E-state index >= 15 is 0 Å². The lowest BCUT2D eigenvalue weighted by atomic mass is 9.57. The van der Waals surface area contributed by atoms with Gasteiger partial charge in [0.25, 0.3) is 0 Å². The molecule has 2 saturated heterocycles. The Kier molecular flexibility index (Phi) is 10.9. The standard InChI is InChI=1S/C30H62N4O2/c1-12-15-16-17-30(32-31,24-20-26(4,5)33(35-18-13-2)27(6,7)21-24)25-22-28(8,9)34(36-19-14-3)29(10,11)23-25/h24-25,32H,12-23,31H2,1-11H3. The van der Waals surface area contributed by atoms with Gasteiger partial charge < -0.3 is 0 Å². The highest BCUT2D eigenvalue weighted by molar-refractivity contribution is 5.11. The van der Waals surface area contributed by atoms with Crippen molar-refractivity contribution < 1.29 is 9.68 Å². The second-order valence-electron chi connectivity index (χ2n) is 14.4. The molecular formula is C30H62N4O2. The summed E-state index contributed by atoms with van der Waals surface area (Å²) in [7, 11) is 0. The highest BCUT2D eigenvalue weighted by atomic mass is 16.7. The van der Waals surface area contributed by atoms with Crippen molar-refractivity contribution in [3.05, 3.63) is 0 Å². The van der Waals surface area contributed by atoms with E-state index in [1.807, 2.05) is 0 Å². The van der Waals surface area contributed by atoms with E-state index in [0.29, 0.717) is 11.8 Å². The van der Waals surface area contributed by atoms with Crippen LogP contribution in [-0.4, -0.2) is 51.0 Å². The van der Waals surface area contributed by atoms with Crippen molar-refractivity contribution in [2.75, 3.05) is 13.2 Å². The van der Waals surface area contributed by atoms with Crippen LogP contribution in [0, 0.1) is 11.8 Å². The first-order valence-electron chi connectivity index (χ1n) is 15.0. The second-order valence-corrected chi connectivity index (χ2v) is 14.4. The number of rotatable bonds is 13. The third-order valence-electron chi connectivity index (χ3n) is 8.95. The first-order chi connectivity index (χ1) is 16.6. The van der Waals surface area contributed by atoms with Crippen molar-refractivity contribution in [1.29, 1.82) is 0 Å². The normalized spacial score (nSPS) is 25.3. The van der Waals surface area contributed by atoms with Crippen LogP contribution in [0.5, 0.6) is 0 Å². The molecule has 0 aromatic heterocycles. The summed E-state index contributed by atoms with van der Waals surface area (Å²) < 4.78 is 0. The third kappa shape index (κ3) is 6.84. The van der Waals surface area contributed by atoms with Crippen LogP contribution < -0.4 is 11.3 Å². The maximum absolute atomic E-state index is 6.70. The molecular weight excluding hydrogens is 448 g/mol. The Labute approximate surface area is 224 Å². The minimum absolute atomic E-state index is 0.0651. The van der Waals surface area contributed by atoms with E-state index in [2.05, 4.69) is 91.7 Å². The quantitative estimate of drug-likeness (QED) is 0.158. The summed E-state index contributed by atoms with van der Waals surface area (Å²) in [5.41, 5.74) is 3.18. The predicted octanol–water partition coefficient (Wildman–Crippen LogP) is 6.99. The number of nitrogens with zero attached hydrogens (tertiary/aromatic N) is 2. The Morgan fingerprint density at radius 3 is 1.31 bits per heavy atom. The van der Waals surface area contributed by atoms with E-state index in [1.54, 1.807) is 0 Å². The van der Waals surface area contributed by atoms with Crippen molar-refractivity contribution in [2.24, 2.45) is 17.7 Å². The molecule has 0 atom stereocenters. The third-order valence-corrected chi connectivity index (χ3v) is 8.95. The minimum atomic E-state index is -0.119. The van der Waals surface area contributed by atoms with Crippen LogP contribution in [0.15, 0.2) is 0 Å². The molecule has 214 valence electrons. The van der Waals surface area contributed by atoms with Crippen molar-refractivity contribution in [1.82, 2.24) is 15.6 Å². The molecule has 2 rings (SSSR count). The topological polar surface area (TPSA) is 63.0 Å². The summed E-state index contributed by atoms with van der Waals surface area (Å²) in [4.78, 5) is 12.8. The van der Waals surface area contributed by atoms with E-state index in [4.69, 9.17) is 15.5 Å². The summed E-state index contributed by atoms with van der Waals surface area (Å²) in [6.07, 6.45) is 11.2. The molecule has 3 N–H and O–H groups in total. The van der Waals surface area contributed by atoms with Gasteiger partial charge in [0.15, 0.2) is 0 Å². The smallest absolute Gasteiger partial charge is 0.0683 e. The van der Waals surface area contributed by atoms with Gasteiger partial charge >= 0.3 is 0 Å². The van der Waals surface area contributed by atoms with Crippen LogP contribution in [-0.2, 0) is 9.68 Å². The zero-order valence-electron chi connectivity index (χ0n) is 25.9. The Morgan fingerprint density at radius 1 is 0.667 bits per heavy atom. The molecule has 36 heavy (non-hydrogen) atoms. The van der Waals surface area contributed by atoms with Gasteiger partial charge in [-0.1, -0.05) is 40.0 Å². The molecule has 0 aliphatic carbocycles. The molecule has 0 radical (unpaired) electrons. The van der Waals surface area contributed by atoms with E-state index in [9.17, 15) is 0 Å². The summed E-state index contributed by atoms with van der Waals surface area (Å²) >= 11 is 0. The molecule has 0 saturated carbocycles. The zero-order chi connectivity index (χ0) is 27.4. The van der Waals surface area contributed by atoms with Crippen LogP contribution in [0.2, 0.25) is 0 Å². The van der Waals surface area contributed by atoms with Gasteiger partial charge in [0, 0.05) is 27.7 Å². The second kappa shape index (κ2) is 12.3. The van der Waals surface area contributed by atoms with E-state index in [-0.39, 0.29) is 27.7 Å². The van der Waals surface area contributed by atoms with Crippen molar-refractivity contribution in [3.63, 3.8) is 0 Å². The first kappa shape index (κ1) is 32.0. The summed E-state index contributed by atoms with van der Waals surface area (Å²) in [6.45, 7) is 27.1. The van der Waals surface area contributed by atoms with Crippen LogP contribution in [0.1, 0.15) is 140 Å². The molecule has 2 aliphatic rings. The number of hydroxylamine groups is 4. The Balaban J connectivity index is 2.48. The minimum Gasteiger partial charge on any atom is -0.298 e. The molecule has 0 amide bonds. The van der Waals surface area contributed by atoms with Gasteiger partial charge in [-0.25, -0.2) is 0 Å². The van der Waals surface area contributed by atoms with Crippen molar-refractivity contribution >= 4 is 0 Å². The largest absolute Gasteiger partial charge is 0.298 e. The number of hydrogen-bond acceptors (Lipinski definition) is 6. The fourth-order valence-corrected chi connectivity index (χ4v) is 8.04. The van der Waals surface area contributed by atoms with Crippen LogP contribution in [0.25, 0.3) is 0 Å². The maximum Gasteiger partial charge on any atom is 0.0683 e. The Hall–Kier alpha value is -0.240. The number of nitrogens with one attached hydrogen (secondary N) is 1. The zero-order valence-corrected chi connectivity index (χ0v) is 25.9. The van der Waals surface area contributed by atoms with Crippen LogP contribution >= 0.6 is 0 Å². The van der Waals surface area contributed by atoms with Crippen molar-refractivity contribution in [3.8, 4) is 0 Å². The molecule has 0 bridgehead atoms. The summed E-state index contributed by atoms with van der Waals surface area (Å²) in [5.74, 6) is 7.62. The average Bonchev–Trinajstić information content (AvgIpc) is 2.74. The predicted molar refractivity (Wildman–Crippen MR) is 152 cm³/mol. The Morgan fingerprint density at radius 2 is 1.03 bits per heavy atom. The molecule has 2 aliphatic heterocycles. The molecule has 0 unspecified atom stereocenters. The fourth-order valence-electron chi connectivity index (χ4n) is 8.04. The Bertz CT molecular complexity index is 592. The highest BCUT2D eigenvalue weighted by Gasteiger charge is 2.58. The van der Waals surface area contributed by atoms with E-state index in [1.165, 1.54) is 19.3 Å². The van der Waals surface area contributed by atoms with E-state index < -0.39 is 0 Å². The molecule has 6 heteroatoms. The fraction of sp³-hybridized carbons (Fsp3) is 1.00. The van der Waals surface area contributed by atoms with Crippen molar-refractivity contribution in [2.45, 2.75) is 168 Å². The summed E-state index contributed by atoms with van der Waals surface area (Å²) in [5, 5.41) is 4.62.